The van der Waals surface area contributed by atoms with E-state index in [1.165, 1.54) is 28.4 Å². The number of epoxide rings is 1. The molecule has 8 rings (SSSR count). The maximum atomic E-state index is 10.9. The number of benzene rings is 4. The van der Waals surface area contributed by atoms with Crippen LogP contribution >= 0.6 is 0 Å². The second kappa shape index (κ2) is 11.7. The largest absolute Gasteiger partial charge is 0.504 e. The van der Waals surface area contributed by atoms with Crippen molar-refractivity contribution in [3.63, 3.8) is 0 Å². The summed E-state index contributed by atoms with van der Waals surface area (Å²) < 4.78 is 42.8. The number of ether oxygens (including phenoxy) is 7. The van der Waals surface area contributed by atoms with Gasteiger partial charge in [0.1, 0.15) is 29.5 Å². The van der Waals surface area contributed by atoms with Crippen molar-refractivity contribution in [2.45, 2.75) is 54.9 Å². The molecule has 4 aliphatic rings. The molecule has 3 aliphatic heterocycles. The Morgan fingerprint density at radius 1 is 0.549 bits per heavy atom. The first-order valence-electron chi connectivity index (χ1n) is 16.7. The Kier molecular flexibility index (Phi) is 7.60. The highest BCUT2D eigenvalue weighted by molar-refractivity contribution is 5.53. The highest BCUT2D eigenvalue weighted by atomic mass is 16.7. The molecule has 1 saturated carbocycles. The number of phenolic OH excluding ortho intramolecular Hbond substituents is 4. The van der Waals surface area contributed by atoms with Gasteiger partial charge in [0, 0.05) is 5.41 Å². The standard InChI is InChI=1S/C40H40O11/c1-21-34(22-6-10-26(41)31(17-22)46-3)49-35(23-9-13-30(45-2)29(44)16-23)38(21)14-15-39-36(24-7-11-27(42)32(18-24)47-4)50-37(40(39,20-38)51-39)25-8-12-28(43)33(19-25)48-5/h6-13,16-19,34-37,41-44H,1,14-15,20H2,2-5H3/t34-,35-,36-,37+,38+,39-,40+/m0/s1. The van der Waals surface area contributed by atoms with E-state index in [0.717, 1.165) is 27.8 Å². The van der Waals surface area contributed by atoms with Crippen molar-refractivity contribution in [2.24, 2.45) is 5.41 Å². The molecule has 3 heterocycles. The van der Waals surface area contributed by atoms with Crippen LogP contribution in [0.15, 0.2) is 84.9 Å². The molecule has 51 heavy (non-hydrogen) atoms. The van der Waals surface area contributed by atoms with E-state index in [9.17, 15) is 20.4 Å². The Balaban J connectivity index is 1.27. The molecule has 4 aromatic rings. The zero-order valence-corrected chi connectivity index (χ0v) is 28.7. The van der Waals surface area contributed by atoms with E-state index in [4.69, 9.17) is 39.7 Å². The summed E-state index contributed by atoms with van der Waals surface area (Å²) in [4.78, 5) is 0. The summed E-state index contributed by atoms with van der Waals surface area (Å²) in [5, 5.41) is 42.2. The molecule has 1 spiro atoms. The average Bonchev–Trinajstić information content (AvgIpc) is 3.63. The van der Waals surface area contributed by atoms with Gasteiger partial charge >= 0.3 is 0 Å². The molecule has 4 aromatic carbocycles. The van der Waals surface area contributed by atoms with E-state index >= 15 is 0 Å². The van der Waals surface area contributed by atoms with Gasteiger partial charge in [-0.25, -0.2) is 0 Å². The highest BCUT2D eigenvalue weighted by Crippen LogP contribution is 2.80. The van der Waals surface area contributed by atoms with Crippen LogP contribution in [0.3, 0.4) is 0 Å². The molecule has 11 nitrogen and oxygen atoms in total. The predicted octanol–water partition coefficient (Wildman–Crippen LogP) is 7.10. The monoisotopic (exact) mass is 696 g/mol. The second-order valence-corrected chi connectivity index (χ2v) is 13.8. The van der Waals surface area contributed by atoms with Crippen LogP contribution < -0.4 is 18.9 Å². The first-order valence-corrected chi connectivity index (χ1v) is 16.7. The van der Waals surface area contributed by atoms with Crippen molar-refractivity contribution in [3.05, 3.63) is 107 Å². The minimum Gasteiger partial charge on any atom is -0.504 e. The summed E-state index contributed by atoms with van der Waals surface area (Å²) in [6.07, 6.45) is -0.642. The molecule has 0 aromatic heterocycles. The van der Waals surface area contributed by atoms with Gasteiger partial charge in [-0.05, 0) is 95.6 Å². The number of aromatic hydroxyl groups is 4. The van der Waals surface area contributed by atoms with E-state index in [2.05, 4.69) is 0 Å². The van der Waals surface area contributed by atoms with E-state index in [1.807, 2.05) is 18.2 Å². The van der Waals surface area contributed by atoms with Gasteiger partial charge in [-0.15, -0.1) is 0 Å². The summed E-state index contributed by atoms with van der Waals surface area (Å²) in [5.74, 6) is 1.30. The molecular formula is C40H40O11. The van der Waals surface area contributed by atoms with Gasteiger partial charge in [0.25, 0.3) is 0 Å². The van der Waals surface area contributed by atoms with Crippen LogP contribution in [0.1, 0.15) is 65.9 Å². The fourth-order valence-corrected chi connectivity index (χ4v) is 8.93. The Hall–Kier alpha value is -5.10. The van der Waals surface area contributed by atoms with Gasteiger partial charge in [-0.1, -0.05) is 30.8 Å². The van der Waals surface area contributed by atoms with E-state index in [0.29, 0.717) is 42.3 Å². The first kappa shape index (κ1) is 33.1. The number of methoxy groups -OCH3 is 4. The van der Waals surface area contributed by atoms with Crippen LogP contribution in [0.5, 0.6) is 46.0 Å². The molecule has 4 fully saturated rings. The van der Waals surface area contributed by atoms with Crippen molar-refractivity contribution < 1.29 is 53.6 Å². The zero-order chi connectivity index (χ0) is 35.9. The normalized spacial score (nSPS) is 30.5. The summed E-state index contributed by atoms with van der Waals surface area (Å²) in [6.45, 7) is 4.70. The predicted molar refractivity (Wildman–Crippen MR) is 184 cm³/mol. The number of phenols is 4. The SMILES string of the molecule is C=C1[C@@H](c2ccc(O)c(OC)c2)O[C@@H](c2ccc(OC)c(O)c2)[C@@]12CC[C@@]13O[C@]1(C2)[C@@H](c1ccc(O)c(OC)c1)O[C@H]3c1ccc(O)c(OC)c1. The highest BCUT2D eigenvalue weighted by Gasteiger charge is 2.86. The lowest BCUT2D eigenvalue weighted by Crippen LogP contribution is -2.43. The van der Waals surface area contributed by atoms with E-state index < -0.39 is 41.0 Å². The molecule has 7 atom stereocenters. The van der Waals surface area contributed by atoms with E-state index in [-0.39, 0.29) is 23.0 Å². The minimum atomic E-state index is -0.871. The number of hydrogen-bond donors (Lipinski definition) is 4. The van der Waals surface area contributed by atoms with Crippen molar-refractivity contribution >= 4 is 0 Å². The molecule has 3 saturated heterocycles. The molecular weight excluding hydrogens is 656 g/mol. The summed E-state index contributed by atoms with van der Waals surface area (Å²) in [7, 11) is 6.00. The van der Waals surface area contributed by atoms with E-state index in [1.54, 1.807) is 54.6 Å². The third-order valence-electron chi connectivity index (χ3n) is 11.4. The Morgan fingerprint density at radius 2 is 1.04 bits per heavy atom. The topological polar surface area (TPSA) is 149 Å². The third-order valence-corrected chi connectivity index (χ3v) is 11.4. The first-order chi connectivity index (χ1) is 24.5. The van der Waals surface area contributed by atoms with Gasteiger partial charge in [-0.2, -0.15) is 0 Å². The zero-order valence-electron chi connectivity index (χ0n) is 28.7. The summed E-state index contributed by atoms with van der Waals surface area (Å²) in [5.41, 5.74) is 1.56. The van der Waals surface area contributed by atoms with Gasteiger partial charge in [0.15, 0.2) is 46.0 Å². The molecule has 1 aliphatic carbocycles. The maximum Gasteiger partial charge on any atom is 0.160 e. The van der Waals surface area contributed by atoms with Gasteiger partial charge in [-0.3, -0.25) is 0 Å². The minimum absolute atomic E-state index is 0.00350. The van der Waals surface area contributed by atoms with Crippen molar-refractivity contribution in [2.75, 3.05) is 28.4 Å². The van der Waals surface area contributed by atoms with Gasteiger partial charge in [0.05, 0.1) is 34.5 Å². The molecule has 0 bridgehead atoms. The van der Waals surface area contributed by atoms with Crippen LogP contribution in [0.2, 0.25) is 0 Å². The molecule has 4 N–H and O–H groups in total. The van der Waals surface area contributed by atoms with Crippen molar-refractivity contribution in [1.29, 1.82) is 0 Å². The van der Waals surface area contributed by atoms with Crippen LogP contribution in [0.4, 0.5) is 0 Å². The van der Waals surface area contributed by atoms with Crippen molar-refractivity contribution in [3.8, 4) is 46.0 Å². The Labute approximate surface area is 295 Å². The average molecular weight is 697 g/mol. The lowest BCUT2D eigenvalue weighted by molar-refractivity contribution is -0.0749. The number of rotatable bonds is 8. The molecule has 11 heteroatoms. The molecule has 0 unspecified atom stereocenters. The van der Waals surface area contributed by atoms with Gasteiger partial charge in [0.2, 0.25) is 0 Å². The molecule has 266 valence electrons. The summed E-state index contributed by atoms with van der Waals surface area (Å²) >= 11 is 0. The van der Waals surface area contributed by atoms with Crippen LogP contribution in [0, 0.1) is 5.41 Å². The lowest BCUT2D eigenvalue weighted by Gasteiger charge is -2.42. The molecule has 0 radical (unpaired) electrons. The maximum absolute atomic E-state index is 10.9. The van der Waals surface area contributed by atoms with Gasteiger partial charge < -0.3 is 53.6 Å². The number of hydrogen-bond acceptors (Lipinski definition) is 11. The van der Waals surface area contributed by atoms with Crippen LogP contribution in [0.25, 0.3) is 0 Å². The third kappa shape index (κ3) is 4.68. The quantitative estimate of drug-likeness (QED) is 0.110. The smallest absolute Gasteiger partial charge is 0.160 e. The second-order valence-electron chi connectivity index (χ2n) is 13.8. The summed E-state index contributed by atoms with van der Waals surface area (Å²) in [6, 6.07) is 20.8. The van der Waals surface area contributed by atoms with Crippen molar-refractivity contribution in [1.82, 2.24) is 0 Å². The Morgan fingerprint density at radius 3 is 1.59 bits per heavy atom. The fourth-order valence-electron chi connectivity index (χ4n) is 8.93. The molecule has 0 amide bonds. The van der Waals surface area contributed by atoms with Crippen LogP contribution in [-0.2, 0) is 14.2 Å². The lowest BCUT2D eigenvalue weighted by atomic mass is 9.57. The fraction of sp³-hybridized carbons (Fsp3) is 0.350. The van der Waals surface area contributed by atoms with Crippen LogP contribution in [-0.4, -0.2) is 60.1 Å². The Bertz CT molecular complexity index is 2050.